The summed E-state index contributed by atoms with van der Waals surface area (Å²) >= 11 is 0. The molecule has 4 heteroatoms. The number of rotatable bonds is 4. The highest BCUT2D eigenvalue weighted by Crippen LogP contribution is 2.28. The molecule has 0 aliphatic carbocycles. The van der Waals surface area contributed by atoms with Crippen LogP contribution < -0.4 is 0 Å². The summed E-state index contributed by atoms with van der Waals surface area (Å²) in [5, 5.41) is 8.89. The van der Waals surface area contributed by atoms with E-state index in [0.717, 1.165) is 25.2 Å². The minimum absolute atomic E-state index is 0.460. The molecule has 2 aromatic rings. The summed E-state index contributed by atoms with van der Waals surface area (Å²) in [6.45, 7) is 7.57. The fourth-order valence-corrected chi connectivity index (χ4v) is 3.43. The monoisotopic (exact) mass is 308 g/mol. The van der Waals surface area contributed by atoms with Crippen molar-refractivity contribution in [3.05, 3.63) is 53.6 Å². The van der Waals surface area contributed by atoms with Gasteiger partial charge in [0.05, 0.1) is 11.6 Å². The lowest BCUT2D eigenvalue weighted by Crippen LogP contribution is -2.35. The molecule has 1 aromatic heterocycles. The van der Waals surface area contributed by atoms with Crippen LogP contribution >= 0.6 is 0 Å². The molecule has 0 spiro atoms. The molecule has 1 aliphatic rings. The number of likely N-dealkylation sites (tertiary alicyclic amines) is 1. The van der Waals surface area contributed by atoms with Gasteiger partial charge >= 0.3 is 0 Å². The molecule has 2 heterocycles. The summed E-state index contributed by atoms with van der Waals surface area (Å²) in [6.07, 6.45) is 6.45. The van der Waals surface area contributed by atoms with Gasteiger partial charge in [-0.3, -0.25) is 4.90 Å². The van der Waals surface area contributed by atoms with E-state index in [1.54, 1.807) is 0 Å². The molecule has 1 aromatic carbocycles. The minimum atomic E-state index is 0.460. The van der Waals surface area contributed by atoms with Gasteiger partial charge in [0.25, 0.3) is 0 Å². The first-order chi connectivity index (χ1) is 11.2. The zero-order valence-corrected chi connectivity index (χ0v) is 13.9. The van der Waals surface area contributed by atoms with Crippen LogP contribution in [0.3, 0.4) is 0 Å². The topological polar surface area (TPSA) is 44.9 Å². The first-order valence-electron chi connectivity index (χ1n) is 8.41. The normalized spacial score (nSPS) is 19.0. The molecule has 0 N–H and O–H groups in total. The number of hydrogen-bond acceptors (Lipinski definition) is 3. The standard InChI is InChI=1S/C19H24N4/c1-15(2)23-11-9-21-19(23)18-4-3-10-22(14-18)13-17-7-5-16(12-20)6-8-17/h5-9,11,15,18H,3-4,10,13-14H2,1-2H3/t18-/m1/s1. The van der Waals surface area contributed by atoms with Crippen LogP contribution in [0.25, 0.3) is 0 Å². The molecule has 0 radical (unpaired) electrons. The van der Waals surface area contributed by atoms with Gasteiger partial charge in [-0.05, 0) is 50.9 Å². The Kier molecular flexibility index (Phi) is 4.78. The fourth-order valence-electron chi connectivity index (χ4n) is 3.43. The van der Waals surface area contributed by atoms with Gasteiger partial charge in [0.1, 0.15) is 5.82 Å². The zero-order valence-electron chi connectivity index (χ0n) is 13.9. The van der Waals surface area contributed by atoms with Crippen molar-refractivity contribution in [1.29, 1.82) is 5.26 Å². The van der Waals surface area contributed by atoms with Crippen molar-refractivity contribution in [3.8, 4) is 6.07 Å². The lowest BCUT2D eigenvalue weighted by atomic mass is 9.96. The van der Waals surface area contributed by atoms with Crippen LogP contribution in [0.15, 0.2) is 36.7 Å². The van der Waals surface area contributed by atoms with Crippen molar-refractivity contribution in [1.82, 2.24) is 14.5 Å². The number of nitriles is 1. The van der Waals surface area contributed by atoms with Crippen LogP contribution in [0, 0.1) is 11.3 Å². The molecule has 1 aliphatic heterocycles. The molecule has 0 bridgehead atoms. The van der Waals surface area contributed by atoms with Crippen molar-refractivity contribution in [2.75, 3.05) is 13.1 Å². The van der Waals surface area contributed by atoms with E-state index in [1.807, 2.05) is 18.3 Å². The predicted octanol–water partition coefficient (Wildman–Crippen LogP) is 3.72. The van der Waals surface area contributed by atoms with Gasteiger partial charge in [0, 0.05) is 37.4 Å². The Balaban J connectivity index is 1.68. The number of nitrogens with zero attached hydrogens (tertiary/aromatic N) is 4. The van der Waals surface area contributed by atoms with Gasteiger partial charge in [-0.25, -0.2) is 4.98 Å². The molecule has 4 nitrogen and oxygen atoms in total. The Labute approximate surface area is 138 Å². The third kappa shape index (κ3) is 3.62. The van der Waals surface area contributed by atoms with E-state index in [1.165, 1.54) is 24.2 Å². The van der Waals surface area contributed by atoms with Gasteiger partial charge in [0.2, 0.25) is 0 Å². The number of benzene rings is 1. The third-order valence-corrected chi connectivity index (χ3v) is 4.61. The maximum atomic E-state index is 8.89. The van der Waals surface area contributed by atoms with Crippen molar-refractivity contribution in [2.24, 2.45) is 0 Å². The molecule has 23 heavy (non-hydrogen) atoms. The molecule has 0 unspecified atom stereocenters. The van der Waals surface area contributed by atoms with Gasteiger partial charge in [0.15, 0.2) is 0 Å². The summed E-state index contributed by atoms with van der Waals surface area (Å²) < 4.78 is 2.30. The molecule has 120 valence electrons. The van der Waals surface area contributed by atoms with Crippen molar-refractivity contribution >= 4 is 0 Å². The molecular formula is C19H24N4. The van der Waals surface area contributed by atoms with Crippen LogP contribution in [0.1, 0.15) is 55.6 Å². The summed E-state index contributed by atoms with van der Waals surface area (Å²) in [7, 11) is 0. The quantitative estimate of drug-likeness (QED) is 0.865. The predicted molar refractivity (Wildman–Crippen MR) is 91.0 cm³/mol. The number of imidazole rings is 1. The zero-order chi connectivity index (χ0) is 16.2. The summed E-state index contributed by atoms with van der Waals surface area (Å²) in [4.78, 5) is 7.13. The van der Waals surface area contributed by atoms with Crippen LogP contribution in [0.5, 0.6) is 0 Å². The third-order valence-electron chi connectivity index (χ3n) is 4.61. The van der Waals surface area contributed by atoms with E-state index >= 15 is 0 Å². The summed E-state index contributed by atoms with van der Waals surface area (Å²) in [5.74, 6) is 1.74. The Morgan fingerprint density at radius 2 is 2.09 bits per heavy atom. The van der Waals surface area contributed by atoms with E-state index < -0.39 is 0 Å². The van der Waals surface area contributed by atoms with E-state index in [9.17, 15) is 0 Å². The molecule has 1 atom stereocenters. The van der Waals surface area contributed by atoms with Crippen molar-refractivity contribution < 1.29 is 0 Å². The highest BCUT2D eigenvalue weighted by atomic mass is 15.2. The van der Waals surface area contributed by atoms with Crippen LogP contribution in [-0.2, 0) is 6.54 Å². The number of hydrogen-bond donors (Lipinski definition) is 0. The van der Waals surface area contributed by atoms with Crippen LogP contribution in [0.2, 0.25) is 0 Å². The Morgan fingerprint density at radius 3 is 2.78 bits per heavy atom. The number of aromatic nitrogens is 2. The molecule has 0 saturated carbocycles. The Hall–Kier alpha value is -2.12. The second-order valence-electron chi connectivity index (χ2n) is 6.67. The fraction of sp³-hybridized carbons (Fsp3) is 0.474. The molecule has 1 saturated heterocycles. The maximum absolute atomic E-state index is 8.89. The van der Waals surface area contributed by atoms with Crippen molar-refractivity contribution in [2.45, 2.75) is 45.2 Å². The highest BCUT2D eigenvalue weighted by molar-refractivity contribution is 5.31. The van der Waals surface area contributed by atoms with E-state index in [2.05, 4.69) is 52.7 Å². The van der Waals surface area contributed by atoms with Gasteiger partial charge in [-0.15, -0.1) is 0 Å². The molecule has 3 rings (SSSR count). The Bertz CT molecular complexity index is 678. The van der Waals surface area contributed by atoms with Crippen molar-refractivity contribution in [3.63, 3.8) is 0 Å². The lowest BCUT2D eigenvalue weighted by Gasteiger charge is -2.33. The van der Waals surface area contributed by atoms with E-state index in [4.69, 9.17) is 5.26 Å². The van der Waals surface area contributed by atoms with Crippen LogP contribution in [-0.4, -0.2) is 27.5 Å². The summed E-state index contributed by atoms with van der Waals surface area (Å²) in [5.41, 5.74) is 2.00. The average molecular weight is 308 g/mol. The Morgan fingerprint density at radius 1 is 1.30 bits per heavy atom. The first kappa shape index (κ1) is 15.8. The first-order valence-corrected chi connectivity index (χ1v) is 8.41. The minimum Gasteiger partial charge on any atom is -0.332 e. The van der Waals surface area contributed by atoms with Crippen LogP contribution in [0.4, 0.5) is 0 Å². The average Bonchev–Trinajstić information content (AvgIpc) is 3.06. The van der Waals surface area contributed by atoms with Gasteiger partial charge < -0.3 is 4.57 Å². The SMILES string of the molecule is CC(C)n1ccnc1[C@@H]1CCCN(Cc2ccc(C#N)cc2)C1. The largest absolute Gasteiger partial charge is 0.332 e. The van der Waals surface area contributed by atoms with E-state index in [-0.39, 0.29) is 0 Å². The molecule has 0 amide bonds. The number of piperidine rings is 1. The second-order valence-corrected chi connectivity index (χ2v) is 6.67. The lowest BCUT2D eigenvalue weighted by molar-refractivity contribution is 0.194. The van der Waals surface area contributed by atoms with Gasteiger partial charge in [-0.1, -0.05) is 12.1 Å². The molecule has 1 fully saturated rings. The smallest absolute Gasteiger partial charge is 0.113 e. The van der Waals surface area contributed by atoms with E-state index in [0.29, 0.717) is 12.0 Å². The molecular weight excluding hydrogens is 284 g/mol. The highest BCUT2D eigenvalue weighted by Gasteiger charge is 2.25. The summed E-state index contributed by atoms with van der Waals surface area (Å²) in [6, 6.07) is 10.6. The van der Waals surface area contributed by atoms with Gasteiger partial charge in [-0.2, -0.15) is 5.26 Å². The second kappa shape index (κ2) is 6.97. The maximum Gasteiger partial charge on any atom is 0.113 e.